The van der Waals surface area contributed by atoms with Crippen molar-refractivity contribution in [3.63, 3.8) is 0 Å². The number of ether oxygens (including phenoxy) is 2. The van der Waals surface area contributed by atoms with Crippen molar-refractivity contribution in [1.29, 1.82) is 0 Å². The number of carbonyl (C=O) groups is 3. The Labute approximate surface area is 209 Å². The number of aryl methyl sites for hydroxylation is 1. The van der Waals surface area contributed by atoms with Crippen LogP contribution in [0.5, 0.6) is 11.5 Å². The highest BCUT2D eigenvalue weighted by atomic mass is 79.9. The highest BCUT2D eigenvalue weighted by Gasteiger charge is 2.17. The van der Waals surface area contributed by atoms with Crippen molar-refractivity contribution < 1.29 is 28.2 Å². The maximum Gasteiger partial charge on any atom is 0.343 e. The summed E-state index contributed by atoms with van der Waals surface area (Å²) < 4.78 is 25.2. The Morgan fingerprint density at radius 2 is 1.71 bits per heavy atom. The Kier molecular flexibility index (Phi) is 8.32. The van der Waals surface area contributed by atoms with Crippen LogP contribution < -0.4 is 20.2 Å². The Bertz CT molecular complexity index is 1330. The molecule has 35 heavy (non-hydrogen) atoms. The molecule has 2 N–H and O–H groups in total. The lowest BCUT2D eigenvalue weighted by Gasteiger charge is -2.12. The van der Waals surface area contributed by atoms with Gasteiger partial charge in [-0.15, -0.1) is 0 Å². The van der Waals surface area contributed by atoms with E-state index < -0.39 is 23.6 Å². The molecule has 0 heterocycles. The number of benzene rings is 3. The van der Waals surface area contributed by atoms with Gasteiger partial charge in [0.25, 0.3) is 0 Å². The van der Waals surface area contributed by atoms with Gasteiger partial charge in [0.15, 0.2) is 11.5 Å². The van der Waals surface area contributed by atoms with Gasteiger partial charge in [0.2, 0.25) is 0 Å². The zero-order chi connectivity index (χ0) is 25.5. The summed E-state index contributed by atoms with van der Waals surface area (Å²) in [5.74, 6) is -2.91. The molecule has 10 heteroatoms. The third-order valence-corrected chi connectivity index (χ3v) is 5.35. The number of anilines is 1. The lowest BCUT2D eigenvalue weighted by molar-refractivity contribution is -0.136. The fraction of sp³-hybridized carbons (Fsp3) is 0.120. The summed E-state index contributed by atoms with van der Waals surface area (Å²) in [6.45, 7) is 3.40. The number of nitrogens with one attached hydrogen (secondary N) is 2. The normalized spacial score (nSPS) is 10.9. The number of hydrogen-bond acceptors (Lipinski definition) is 6. The number of amides is 2. The van der Waals surface area contributed by atoms with E-state index in [4.69, 9.17) is 9.47 Å². The second-order valence-corrected chi connectivity index (χ2v) is 8.20. The van der Waals surface area contributed by atoms with Gasteiger partial charge in [0.05, 0.1) is 24.1 Å². The molecule has 0 saturated carbocycles. The molecular weight excluding hydrogens is 521 g/mol. The molecule has 0 bridgehead atoms. The first kappa shape index (κ1) is 25.6. The number of esters is 1. The van der Waals surface area contributed by atoms with Gasteiger partial charge in [-0.1, -0.05) is 34.1 Å². The number of rotatable bonds is 6. The number of carbonyl (C=O) groups excluding carboxylic acids is 3. The Balaban J connectivity index is 1.68. The summed E-state index contributed by atoms with van der Waals surface area (Å²) in [5.41, 5.74) is 4.07. The molecule has 0 aliphatic rings. The average Bonchev–Trinajstić information content (AvgIpc) is 2.84. The van der Waals surface area contributed by atoms with Crippen molar-refractivity contribution in [3.8, 4) is 11.5 Å². The van der Waals surface area contributed by atoms with E-state index in [0.29, 0.717) is 21.3 Å². The topological polar surface area (TPSA) is 106 Å². The van der Waals surface area contributed by atoms with E-state index in [0.717, 1.165) is 11.6 Å². The molecule has 0 spiro atoms. The van der Waals surface area contributed by atoms with E-state index in [1.165, 1.54) is 25.3 Å². The van der Waals surface area contributed by atoms with E-state index in [1.54, 1.807) is 44.2 Å². The number of halogens is 2. The van der Waals surface area contributed by atoms with Gasteiger partial charge in [-0.25, -0.2) is 14.6 Å². The van der Waals surface area contributed by atoms with Gasteiger partial charge in [0, 0.05) is 10.0 Å². The molecule has 0 radical (unpaired) electrons. The van der Waals surface area contributed by atoms with Crippen LogP contribution in [-0.4, -0.2) is 30.6 Å². The van der Waals surface area contributed by atoms with Crippen molar-refractivity contribution in [2.45, 2.75) is 13.8 Å². The maximum atomic E-state index is 13.9. The zero-order valence-electron chi connectivity index (χ0n) is 19.0. The van der Waals surface area contributed by atoms with E-state index in [9.17, 15) is 18.8 Å². The van der Waals surface area contributed by atoms with Crippen LogP contribution in [0.2, 0.25) is 0 Å². The van der Waals surface area contributed by atoms with Crippen LogP contribution in [-0.2, 0) is 9.59 Å². The largest absolute Gasteiger partial charge is 0.493 e. The van der Waals surface area contributed by atoms with Crippen molar-refractivity contribution in [2.24, 2.45) is 5.10 Å². The zero-order valence-corrected chi connectivity index (χ0v) is 20.6. The minimum atomic E-state index is -1.08. The predicted molar refractivity (Wildman–Crippen MR) is 132 cm³/mol. The highest BCUT2D eigenvalue weighted by molar-refractivity contribution is 9.10. The lowest BCUT2D eigenvalue weighted by atomic mass is 10.1. The molecule has 0 aliphatic carbocycles. The Morgan fingerprint density at radius 3 is 2.40 bits per heavy atom. The van der Waals surface area contributed by atoms with Crippen LogP contribution in [0.3, 0.4) is 0 Å². The van der Waals surface area contributed by atoms with Crippen LogP contribution >= 0.6 is 15.9 Å². The lowest BCUT2D eigenvalue weighted by Crippen LogP contribution is -2.33. The standard InChI is InChI=1S/C25H21BrFN3O5/c1-14-6-4-5-7-18(14)25(33)35-21-11-8-16(12-22(21)34-3)15(2)29-30-24(32)23(31)28-20-10-9-17(26)13-19(20)27/h4-13H,1-3H3,(H,28,31)(H,30,32)/b29-15+. The van der Waals surface area contributed by atoms with Crippen LogP contribution in [0.15, 0.2) is 70.2 Å². The number of hydrogen-bond donors (Lipinski definition) is 2. The molecule has 180 valence electrons. The smallest absolute Gasteiger partial charge is 0.343 e. The molecule has 0 fully saturated rings. The van der Waals surface area contributed by atoms with E-state index >= 15 is 0 Å². The van der Waals surface area contributed by atoms with Crippen molar-refractivity contribution in [3.05, 3.63) is 87.6 Å². The molecular formula is C25H21BrFN3O5. The molecule has 0 unspecified atom stereocenters. The second kappa shape index (κ2) is 11.4. The number of methoxy groups -OCH3 is 1. The molecule has 0 aromatic heterocycles. The van der Waals surface area contributed by atoms with Gasteiger partial charge >= 0.3 is 17.8 Å². The van der Waals surface area contributed by atoms with Crippen molar-refractivity contribution in [1.82, 2.24) is 5.43 Å². The molecule has 0 atom stereocenters. The van der Waals surface area contributed by atoms with Crippen LogP contribution in [0.25, 0.3) is 0 Å². The molecule has 0 saturated heterocycles. The minimum Gasteiger partial charge on any atom is -0.493 e. The minimum absolute atomic E-state index is 0.144. The molecule has 2 amide bonds. The fourth-order valence-electron chi connectivity index (χ4n) is 2.95. The van der Waals surface area contributed by atoms with Crippen molar-refractivity contribution >= 4 is 45.1 Å². The predicted octanol–water partition coefficient (Wildman–Crippen LogP) is 4.60. The Morgan fingerprint density at radius 1 is 0.971 bits per heavy atom. The average molecular weight is 542 g/mol. The second-order valence-electron chi connectivity index (χ2n) is 7.29. The van der Waals surface area contributed by atoms with Gasteiger partial charge < -0.3 is 14.8 Å². The molecule has 3 aromatic carbocycles. The maximum absolute atomic E-state index is 13.9. The molecule has 8 nitrogen and oxygen atoms in total. The molecule has 3 rings (SSSR count). The monoisotopic (exact) mass is 541 g/mol. The first-order valence-electron chi connectivity index (χ1n) is 10.3. The third-order valence-electron chi connectivity index (χ3n) is 4.86. The SMILES string of the molecule is COc1cc(/C(C)=N/NC(=O)C(=O)Nc2ccc(Br)cc2F)ccc1OC(=O)c1ccccc1C. The van der Waals surface area contributed by atoms with E-state index in [2.05, 4.69) is 31.8 Å². The molecule has 3 aromatic rings. The van der Waals surface area contributed by atoms with Gasteiger partial charge in [0.1, 0.15) is 5.82 Å². The van der Waals surface area contributed by atoms with Crippen LogP contribution in [0.1, 0.15) is 28.4 Å². The summed E-state index contributed by atoms with van der Waals surface area (Å²) >= 11 is 3.11. The highest BCUT2D eigenvalue weighted by Crippen LogP contribution is 2.29. The van der Waals surface area contributed by atoms with E-state index in [-0.39, 0.29) is 17.2 Å². The van der Waals surface area contributed by atoms with Gasteiger partial charge in [-0.05, 0) is 61.9 Å². The van der Waals surface area contributed by atoms with Crippen LogP contribution in [0.4, 0.5) is 10.1 Å². The first-order valence-corrected chi connectivity index (χ1v) is 11.1. The summed E-state index contributed by atoms with van der Waals surface area (Å²) in [6.07, 6.45) is 0. The summed E-state index contributed by atoms with van der Waals surface area (Å²) in [5, 5.41) is 6.09. The third kappa shape index (κ3) is 6.51. The molecule has 0 aliphatic heterocycles. The summed E-state index contributed by atoms with van der Waals surface area (Å²) in [6, 6.07) is 15.8. The van der Waals surface area contributed by atoms with Gasteiger partial charge in [-0.2, -0.15) is 5.10 Å². The first-order chi connectivity index (χ1) is 16.7. The Hall–Kier alpha value is -4.05. The quantitative estimate of drug-likeness (QED) is 0.156. The number of hydrazone groups is 1. The summed E-state index contributed by atoms with van der Waals surface area (Å²) in [4.78, 5) is 36.6. The fourth-order valence-corrected chi connectivity index (χ4v) is 3.29. The van der Waals surface area contributed by atoms with Crippen molar-refractivity contribution in [2.75, 3.05) is 12.4 Å². The van der Waals surface area contributed by atoms with E-state index in [1.807, 2.05) is 6.07 Å². The van der Waals surface area contributed by atoms with Crippen LogP contribution in [0, 0.1) is 12.7 Å². The summed E-state index contributed by atoms with van der Waals surface area (Å²) in [7, 11) is 1.42. The number of nitrogens with zero attached hydrogens (tertiary/aromatic N) is 1. The van der Waals surface area contributed by atoms with Gasteiger partial charge in [-0.3, -0.25) is 9.59 Å².